The third-order valence-corrected chi connectivity index (χ3v) is 3.32. The summed E-state index contributed by atoms with van der Waals surface area (Å²) >= 11 is 6.29. The van der Waals surface area contributed by atoms with E-state index in [-0.39, 0.29) is 0 Å². The maximum Gasteiger partial charge on any atom is 0.0484 e. The van der Waals surface area contributed by atoms with Gasteiger partial charge in [0.25, 0.3) is 0 Å². The molecule has 2 aromatic carbocycles. The number of hydrogen-bond acceptors (Lipinski definition) is 0. The molecule has 0 bridgehead atoms. The molecule has 0 aliphatic heterocycles. The van der Waals surface area contributed by atoms with Crippen LogP contribution in [0.3, 0.4) is 0 Å². The van der Waals surface area contributed by atoms with E-state index < -0.39 is 0 Å². The normalized spacial score (nSPS) is 10.1. The van der Waals surface area contributed by atoms with E-state index >= 15 is 0 Å². The predicted octanol–water partition coefficient (Wildman–Crippen LogP) is 6.47. The Morgan fingerprint density at radius 2 is 1.63 bits per heavy atom. The highest BCUT2D eigenvalue weighted by molar-refractivity contribution is 6.33. The fourth-order valence-corrected chi connectivity index (χ4v) is 2.16. The van der Waals surface area contributed by atoms with Gasteiger partial charge in [-0.15, -0.1) is 0 Å². The molecule has 1 heteroatoms. The van der Waals surface area contributed by atoms with E-state index in [4.69, 9.17) is 11.6 Å². The molecule has 0 nitrogen and oxygen atoms in total. The van der Waals surface area contributed by atoms with E-state index in [2.05, 4.69) is 57.2 Å². The molecule has 0 unspecified atom stereocenters. The van der Waals surface area contributed by atoms with Crippen LogP contribution in [0.15, 0.2) is 42.5 Å². The summed E-state index contributed by atoms with van der Waals surface area (Å²) in [6.45, 7) is 10.5. The molecule has 0 atom stereocenters. The number of rotatable bonds is 2. The van der Waals surface area contributed by atoms with Crippen LogP contribution in [0.5, 0.6) is 0 Å². The van der Waals surface area contributed by atoms with E-state index in [0.717, 1.165) is 10.6 Å². The molecule has 0 amide bonds. The molecule has 0 heterocycles. The molecule has 0 spiro atoms. The number of halogens is 1. The van der Waals surface area contributed by atoms with Gasteiger partial charge in [-0.05, 0) is 36.1 Å². The third kappa shape index (κ3) is 4.11. The number of aryl methyl sites for hydroxylation is 1. The van der Waals surface area contributed by atoms with Crippen LogP contribution in [-0.4, -0.2) is 0 Å². The Balaban J connectivity index is 0.000000861. The summed E-state index contributed by atoms with van der Waals surface area (Å²) < 4.78 is 0. The van der Waals surface area contributed by atoms with Crippen LogP contribution in [-0.2, 0) is 0 Å². The lowest BCUT2D eigenvalue weighted by Crippen LogP contribution is -1.89. The highest BCUT2D eigenvalue weighted by Gasteiger charge is 2.07. The summed E-state index contributed by atoms with van der Waals surface area (Å²) in [5.74, 6) is 0.524. The Morgan fingerprint density at radius 3 is 2.21 bits per heavy atom. The van der Waals surface area contributed by atoms with Crippen molar-refractivity contribution in [3.63, 3.8) is 0 Å². The van der Waals surface area contributed by atoms with Gasteiger partial charge >= 0.3 is 0 Å². The van der Waals surface area contributed by atoms with Crippen molar-refractivity contribution in [3.8, 4) is 11.1 Å². The molecule has 0 saturated heterocycles. The van der Waals surface area contributed by atoms with E-state index in [9.17, 15) is 0 Å². The summed E-state index contributed by atoms with van der Waals surface area (Å²) in [5, 5.41) is 0.819. The van der Waals surface area contributed by atoms with Crippen LogP contribution in [0.2, 0.25) is 5.02 Å². The quantitative estimate of drug-likeness (QED) is 0.589. The van der Waals surface area contributed by atoms with Gasteiger partial charge in [0.2, 0.25) is 0 Å². The molecule has 0 saturated carbocycles. The smallest absolute Gasteiger partial charge is 0.0484 e. The van der Waals surface area contributed by atoms with Crippen molar-refractivity contribution in [2.45, 2.75) is 40.5 Å². The second-order valence-corrected chi connectivity index (χ2v) is 5.17. The van der Waals surface area contributed by atoms with E-state index in [1.807, 2.05) is 19.9 Å². The first-order valence-electron chi connectivity index (χ1n) is 6.94. The van der Waals surface area contributed by atoms with Crippen LogP contribution >= 0.6 is 11.6 Å². The molecule has 19 heavy (non-hydrogen) atoms. The summed E-state index contributed by atoms with van der Waals surface area (Å²) in [5.41, 5.74) is 4.90. The van der Waals surface area contributed by atoms with Crippen LogP contribution in [0.25, 0.3) is 11.1 Å². The average molecular weight is 275 g/mol. The van der Waals surface area contributed by atoms with Gasteiger partial charge in [-0.3, -0.25) is 0 Å². The van der Waals surface area contributed by atoms with Crippen molar-refractivity contribution in [1.82, 2.24) is 0 Å². The minimum atomic E-state index is 0.524. The van der Waals surface area contributed by atoms with Crippen molar-refractivity contribution in [1.29, 1.82) is 0 Å². The second-order valence-electron chi connectivity index (χ2n) is 4.76. The maximum absolute atomic E-state index is 6.29. The molecule has 0 fully saturated rings. The van der Waals surface area contributed by atoms with E-state index in [1.165, 1.54) is 16.7 Å². The van der Waals surface area contributed by atoms with Gasteiger partial charge in [-0.25, -0.2) is 0 Å². The fraction of sp³-hybridized carbons (Fsp3) is 0.333. The molecule has 102 valence electrons. The van der Waals surface area contributed by atoms with Gasteiger partial charge < -0.3 is 0 Å². The molecule has 0 radical (unpaired) electrons. The highest BCUT2D eigenvalue weighted by atomic mass is 35.5. The molecular formula is C18H23Cl. The van der Waals surface area contributed by atoms with Gasteiger partial charge in [0, 0.05) is 10.6 Å². The first-order chi connectivity index (χ1) is 9.08. The van der Waals surface area contributed by atoms with Gasteiger partial charge in [0.1, 0.15) is 0 Å². The summed E-state index contributed by atoms with van der Waals surface area (Å²) in [6.07, 6.45) is 0. The van der Waals surface area contributed by atoms with E-state index in [0.29, 0.717) is 5.92 Å². The first kappa shape index (κ1) is 15.8. The summed E-state index contributed by atoms with van der Waals surface area (Å²) in [4.78, 5) is 0. The van der Waals surface area contributed by atoms with Crippen molar-refractivity contribution in [3.05, 3.63) is 58.6 Å². The molecule has 0 aromatic heterocycles. The Morgan fingerprint density at radius 1 is 0.947 bits per heavy atom. The standard InChI is InChI=1S/C16H17Cl.C2H6/c1-11(2)13-7-8-16(17)15(10-13)14-6-4-5-12(3)9-14;1-2/h4-11H,1-3H3;1-2H3. The minimum absolute atomic E-state index is 0.524. The number of hydrogen-bond donors (Lipinski definition) is 0. The van der Waals surface area contributed by atoms with Crippen molar-refractivity contribution >= 4 is 11.6 Å². The van der Waals surface area contributed by atoms with Crippen molar-refractivity contribution in [2.24, 2.45) is 0 Å². The van der Waals surface area contributed by atoms with Crippen LogP contribution < -0.4 is 0 Å². The molecular weight excluding hydrogens is 252 g/mol. The Kier molecular flexibility index (Phi) is 6.11. The zero-order valence-corrected chi connectivity index (χ0v) is 13.3. The van der Waals surface area contributed by atoms with Crippen LogP contribution in [0.1, 0.15) is 44.7 Å². The third-order valence-electron chi connectivity index (χ3n) is 2.99. The molecule has 0 aliphatic rings. The van der Waals surface area contributed by atoms with Crippen LogP contribution in [0, 0.1) is 6.92 Å². The zero-order chi connectivity index (χ0) is 14.4. The van der Waals surface area contributed by atoms with Crippen LogP contribution in [0.4, 0.5) is 0 Å². The Labute approximate surface area is 122 Å². The molecule has 0 N–H and O–H groups in total. The second kappa shape index (κ2) is 7.35. The Bertz CT molecular complexity index is 527. The molecule has 2 rings (SSSR count). The van der Waals surface area contributed by atoms with Gasteiger partial charge in [0.05, 0.1) is 0 Å². The lowest BCUT2D eigenvalue weighted by molar-refractivity contribution is 0.867. The average Bonchev–Trinajstić information content (AvgIpc) is 2.41. The van der Waals surface area contributed by atoms with Gasteiger partial charge in [0.15, 0.2) is 0 Å². The van der Waals surface area contributed by atoms with E-state index in [1.54, 1.807) is 0 Å². The largest absolute Gasteiger partial charge is 0.0837 e. The zero-order valence-electron chi connectivity index (χ0n) is 12.5. The SMILES string of the molecule is CC.Cc1cccc(-c2cc(C(C)C)ccc2Cl)c1. The molecule has 0 aliphatic carbocycles. The lowest BCUT2D eigenvalue weighted by atomic mass is 9.97. The number of benzene rings is 2. The van der Waals surface area contributed by atoms with Gasteiger partial charge in [-0.2, -0.15) is 0 Å². The Hall–Kier alpha value is -1.27. The van der Waals surface area contributed by atoms with Crippen molar-refractivity contribution < 1.29 is 0 Å². The van der Waals surface area contributed by atoms with Gasteiger partial charge in [-0.1, -0.05) is 75.2 Å². The lowest BCUT2D eigenvalue weighted by Gasteiger charge is -2.11. The minimum Gasteiger partial charge on any atom is -0.0837 e. The topological polar surface area (TPSA) is 0 Å². The predicted molar refractivity (Wildman–Crippen MR) is 87.1 cm³/mol. The first-order valence-corrected chi connectivity index (χ1v) is 7.32. The summed E-state index contributed by atoms with van der Waals surface area (Å²) in [6, 6.07) is 14.7. The monoisotopic (exact) mass is 274 g/mol. The summed E-state index contributed by atoms with van der Waals surface area (Å²) in [7, 11) is 0. The van der Waals surface area contributed by atoms with Crippen molar-refractivity contribution in [2.75, 3.05) is 0 Å². The fourth-order valence-electron chi connectivity index (χ4n) is 1.94. The molecule has 2 aromatic rings. The maximum atomic E-state index is 6.29. The highest BCUT2D eigenvalue weighted by Crippen LogP contribution is 2.31.